The van der Waals surface area contributed by atoms with Crippen molar-refractivity contribution in [1.29, 1.82) is 5.41 Å². The fourth-order valence-electron chi connectivity index (χ4n) is 1.09. The largest absolute Gasteiger partial charge is 0.312 e. The van der Waals surface area contributed by atoms with Crippen LogP contribution in [0.1, 0.15) is 24.8 Å². The molecule has 1 aromatic rings. The zero-order valence-electron chi connectivity index (χ0n) is 6.67. The third-order valence-electron chi connectivity index (χ3n) is 1.80. The van der Waals surface area contributed by atoms with Gasteiger partial charge in [0.05, 0.1) is 0 Å². The van der Waals surface area contributed by atoms with Crippen LogP contribution in [0, 0.1) is 11.5 Å². The van der Waals surface area contributed by atoms with Gasteiger partial charge in [-0.3, -0.25) is 0 Å². The van der Waals surface area contributed by atoms with E-state index in [0.717, 1.165) is 6.42 Å². The molecule has 0 saturated carbocycles. The van der Waals surface area contributed by atoms with Crippen molar-refractivity contribution < 1.29 is 0 Å². The zero-order valence-corrected chi connectivity index (χ0v) is 6.67. The van der Waals surface area contributed by atoms with E-state index < -0.39 is 0 Å². The van der Waals surface area contributed by atoms with Gasteiger partial charge in [-0.2, -0.15) is 0 Å². The average molecular weight is 146 g/mol. The van der Waals surface area contributed by atoms with E-state index in [1.54, 1.807) is 0 Å². The van der Waals surface area contributed by atoms with Gasteiger partial charge in [0.2, 0.25) is 0 Å². The van der Waals surface area contributed by atoms with Crippen LogP contribution in [-0.2, 0) is 0 Å². The van der Waals surface area contributed by atoms with E-state index in [0.29, 0.717) is 0 Å². The predicted octanol–water partition coefficient (Wildman–Crippen LogP) is 2.63. The highest BCUT2D eigenvalue weighted by Crippen LogP contribution is 2.15. The Morgan fingerprint density at radius 1 is 1.73 bits per heavy atom. The predicted molar refractivity (Wildman–Crippen MR) is 47.1 cm³/mol. The monoisotopic (exact) mass is 146 g/mol. The van der Waals surface area contributed by atoms with Crippen molar-refractivity contribution in [3.05, 3.63) is 35.9 Å². The fourth-order valence-corrected chi connectivity index (χ4v) is 1.09. The Hall–Kier alpha value is -1.11. The highest BCUT2D eigenvalue weighted by Gasteiger charge is 2.02. The van der Waals surface area contributed by atoms with Crippen molar-refractivity contribution in [2.45, 2.75) is 19.3 Å². The molecule has 0 aliphatic heterocycles. The van der Waals surface area contributed by atoms with E-state index in [-0.39, 0.29) is 5.92 Å². The smallest absolute Gasteiger partial charge is 0.0184 e. The summed E-state index contributed by atoms with van der Waals surface area (Å²) >= 11 is 0. The van der Waals surface area contributed by atoms with Gasteiger partial charge in [-0.05, 0) is 18.1 Å². The van der Waals surface area contributed by atoms with Crippen LogP contribution in [0.25, 0.3) is 0 Å². The van der Waals surface area contributed by atoms with Crippen molar-refractivity contribution in [3.8, 4) is 0 Å². The number of hydrogen-bond donors (Lipinski definition) is 1. The van der Waals surface area contributed by atoms with Crippen molar-refractivity contribution >= 4 is 6.21 Å². The van der Waals surface area contributed by atoms with Gasteiger partial charge < -0.3 is 5.41 Å². The van der Waals surface area contributed by atoms with Crippen LogP contribution in [0.4, 0.5) is 0 Å². The maximum absolute atomic E-state index is 7.16. The van der Waals surface area contributed by atoms with Gasteiger partial charge in [-0.25, -0.2) is 0 Å². The molecule has 57 valence electrons. The Balaban J connectivity index is 2.82. The molecule has 1 N–H and O–H groups in total. The lowest BCUT2D eigenvalue weighted by Gasteiger charge is -2.07. The van der Waals surface area contributed by atoms with Crippen LogP contribution >= 0.6 is 0 Å². The Labute approximate surface area is 67.6 Å². The van der Waals surface area contributed by atoms with Crippen LogP contribution in [0.3, 0.4) is 0 Å². The molecule has 1 aromatic carbocycles. The van der Waals surface area contributed by atoms with Gasteiger partial charge in [-0.15, -0.1) is 0 Å². The second kappa shape index (κ2) is 3.91. The number of benzene rings is 1. The maximum Gasteiger partial charge on any atom is 0.0184 e. The Morgan fingerprint density at radius 3 is 3.00 bits per heavy atom. The molecule has 0 spiro atoms. The second-order valence-electron chi connectivity index (χ2n) is 2.52. The Morgan fingerprint density at radius 2 is 2.55 bits per heavy atom. The van der Waals surface area contributed by atoms with Gasteiger partial charge >= 0.3 is 0 Å². The summed E-state index contributed by atoms with van der Waals surface area (Å²) in [5, 5.41) is 7.16. The number of nitrogens with one attached hydrogen (secondary N) is 1. The first-order valence-electron chi connectivity index (χ1n) is 3.85. The molecule has 0 bridgehead atoms. The molecule has 0 saturated heterocycles. The molecular formula is C10H12N. The van der Waals surface area contributed by atoms with Gasteiger partial charge in [0.15, 0.2) is 0 Å². The van der Waals surface area contributed by atoms with Gasteiger partial charge in [0.25, 0.3) is 0 Å². The highest BCUT2D eigenvalue weighted by molar-refractivity contribution is 5.64. The first-order chi connectivity index (χ1) is 5.38. The summed E-state index contributed by atoms with van der Waals surface area (Å²) in [5.74, 6) is 0.271. The lowest BCUT2D eigenvalue weighted by molar-refractivity contribution is 0.855. The molecule has 0 fully saturated rings. The lowest BCUT2D eigenvalue weighted by atomic mass is 9.98. The summed E-state index contributed by atoms with van der Waals surface area (Å²) in [6.45, 7) is 2.09. The number of rotatable bonds is 3. The molecule has 11 heavy (non-hydrogen) atoms. The lowest BCUT2D eigenvalue weighted by Crippen LogP contribution is -1.96. The van der Waals surface area contributed by atoms with Crippen molar-refractivity contribution in [1.82, 2.24) is 0 Å². The normalized spacial score (nSPS) is 12.5. The molecule has 1 rings (SSSR count). The summed E-state index contributed by atoms with van der Waals surface area (Å²) < 4.78 is 0. The van der Waals surface area contributed by atoms with Crippen LogP contribution in [0.5, 0.6) is 0 Å². The van der Waals surface area contributed by atoms with Crippen molar-refractivity contribution in [2.24, 2.45) is 0 Å². The minimum Gasteiger partial charge on any atom is -0.312 e. The molecule has 1 atom stereocenters. The van der Waals surface area contributed by atoms with E-state index >= 15 is 0 Å². The highest BCUT2D eigenvalue weighted by atomic mass is 14.3. The molecule has 0 aliphatic carbocycles. The molecule has 1 nitrogen and oxygen atoms in total. The molecule has 0 amide bonds. The van der Waals surface area contributed by atoms with Crippen LogP contribution in [0.15, 0.2) is 24.3 Å². The standard InChI is InChI=1S/C10H12N/c1-2-9(8-11)10-6-4-3-5-7-10/h3-4,6-9,11H,2H2,1H3/t9-/m0/s1. The Kier molecular flexibility index (Phi) is 2.84. The van der Waals surface area contributed by atoms with Crippen molar-refractivity contribution in [3.63, 3.8) is 0 Å². The molecule has 0 unspecified atom stereocenters. The van der Waals surface area contributed by atoms with Crippen LogP contribution < -0.4 is 0 Å². The van der Waals surface area contributed by atoms with Gasteiger partial charge in [0, 0.05) is 12.1 Å². The number of hydrogen-bond acceptors (Lipinski definition) is 1. The molecule has 0 aromatic heterocycles. The quantitative estimate of drug-likeness (QED) is 0.634. The molecule has 0 heterocycles. The van der Waals surface area contributed by atoms with Crippen LogP contribution in [-0.4, -0.2) is 6.21 Å². The van der Waals surface area contributed by atoms with E-state index in [1.807, 2.05) is 24.3 Å². The molecule has 0 aliphatic rings. The molecule has 1 radical (unpaired) electrons. The van der Waals surface area contributed by atoms with Crippen LogP contribution in [0.2, 0.25) is 0 Å². The summed E-state index contributed by atoms with van der Waals surface area (Å²) in [7, 11) is 0. The van der Waals surface area contributed by atoms with E-state index in [1.165, 1.54) is 11.8 Å². The summed E-state index contributed by atoms with van der Waals surface area (Å²) in [6.07, 6.45) is 2.48. The topological polar surface area (TPSA) is 23.9 Å². The maximum atomic E-state index is 7.16. The molecular weight excluding hydrogens is 134 g/mol. The summed E-state index contributed by atoms with van der Waals surface area (Å²) in [4.78, 5) is 0. The second-order valence-corrected chi connectivity index (χ2v) is 2.52. The van der Waals surface area contributed by atoms with E-state index in [2.05, 4.69) is 13.0 Å². The average Bonchev–Trinajstić information content (AvgIpc) is 2.09. The third-order valence-corrected chi connectivity index (χ3v) is 1.80. The Bertz CT molecular complexity index is 216. The third kappa shape index (κ3) is 1.90. The minimum atomic E-state index is 0.271. The van der Waals surface area contributed by atoms with E-state index in [4.69, 9.17) is 5.41 Å². The van der Waals surface area contributed by atoms with Crippen molar-refractivity contribution in [2.75, 3.05) is 0 Å². The fraction of sp³-hybridized carbons (Fsp3) is 0.300. The SMILES string of the molecule is CC[C@@H](C=N)c1c[c]ccc1. The van der Waals surface area contributed by atoms with Gasteiger partial charge in [0.1, 0.15) is 0 Å². The summed E-state index contributed by atoms with van der Waals surface area (Å²) in [6, 6.07) is 10.8. The molecule has 1 heteroatoms. The minimum absolute atomic E-state index is 0.271. The van der Waals surface area contributed by atoms with E-state index in [9.17, 15) is 0 Å². The summed E-state index contributed by atoms with van der Waals surface area (Å²) in [5.41, 5.74) is 1.19. The first kappa shape index (κ1) is 7.99. The van der Waals surface area contributed by atoms with Gasteiger partial charge in [-0.1, -0.05) is 31.2 Å². The first-order valence-corrected chi connectivity index (χ1v) is 3.85. The zero-order chi connectivity index (χ0) is 8.10.